The summed E-state index contributed by atoms with van der Waals surface area (Å²) in [4.78, 5) is 17.1. The van der Waals surface area contributed by atoms with Gasteiger partial charge >= 0.3 is 0 Å². The van der Waals surface area contributed by atoms with Crippen LogP contribution in [0.25, 0.3) is 0 Å². The van der Waals surface area contributed by atoms with Crippen molar-refractivity contribution in [2.24, 2.45) is 0 Å². The van der Waals surface area contributed by atoms with Crippen molar-refractivity contribution in [1.82, 2.24) is 15.1 Å². The lowest BCUT2D eigenvalue weighted by molar-refractivity contribution is 0.0499. The van der Waals surface area contributed by atoms with Crippen LogP contribution in [0.2, 0.25) is 0 Å². The number of para-hydroxylation sites is 1. The number of carbonyl (C=O) groups is 1. The molecule has 2 fully saturated rings. The van der Waals surface area contributed by atoms with Gasteiger partial charge in [-0.05, 0) is 19.1 Å². The third-order valence-corrected chi connectivity index (χ3v) is 4.30. The zero-order valence-corrected chi connectivity index (χ0v) is 12.5. The van der Waals surface area contributed by atoms with Crippen molar-refractivity contribution in [2.75, 3.05) is 45.9 Å². The second-order valence-electron chi connectivity index (χ2n) is 5.57. The Morgan fingerprint density at radius 3 is 2.57 bits per heavy atom. The maximum atomic E-state index is 12.7. The van der Waals surface area contributed by atoms with Gasteiger partial charge in [0, 0.05) is 45.3 Å². The van der Waals surface area contributed by atoms with E-state index in [1.807, 2.05) is 36.1 Å². The Morgan fingerprint density at radius 2 is 1.95 bits per heavy atom. The minimum atomic E-state index is 0.0884. The molecule has 1 amide bonds. The monoisotopic (exact) mass is 289 g/mol. The minimum absolute atomic E-state index is 0.0884. The van der Waals surface area contributed by atoms with E-state index >= 15 is 0 Å². The minimum Gasteiger partial charge on any atom is -0.493 e. The zero-order chi connectivity index (χ0) is 14.7. The standard InChI is InChI=1S/C16H23N3O2/c1-2-21-15-6-4-3-5-14(15)16(20)19-9-7-18(8-10-19)13-11-17-12-13/h3-6,13,17H,2,7-12H2,1H3. The fourth-order valence-electron chi connectivity index (χ4n) is 2.92. The van der Waals surface area contributed by atoms with Gasteiger partial charge in [-0.15, -0.1) is 0 Å². The van der Waals surface area contributed by atoms with Crippen LogP contribution >= 0.6 is 0 Å². The second-order valence-corrected chi connectivity index (χ2v) is 5.57. The molecule has 0 saturated carbocycles. The first-order valence-corrected chi connectivity index (χ1v) is 7.75. The molecule has 21 heavy (non-hydrogen) atoms. The van der Waals surface area contributed by atoms with Crippen molar-refractivity contribution in [3.63, 3.8) is 0 Å². The molecule has 5 nitrogen and oxygen atoms in total. The molecule has 0 aliphatic carbocycles. The number of nitrogens with zero attached hydrogens (tertiary/aromatic N) is 2. The molecule has 2 saturated heterocycles. The van der Waals surface area contributed by atoms with Gasteiger partial charge in [0.1, 0.15) is 5.75 Å². The summed E-state index contributed by atoms with van der Waals surface area (Å²) in [6.45, 7) is 8.22. The highest BCUT2D eigenvalue weighted by molar-refractivity contribution is 5.97. The lowest BCUT2D eigenvalue weighted by Gasteiger charge is -2.43. The van der Waals surface area contributed by atoms with E-state index in [1.54, 1.807) is 0 Å². The number of amides is 1. The van der Waals surface area contributed by atoms with Crippen LogP contribution in [0.4, 0.5) is 0 Å². The van der Waals surface area contributed by atoms with Gasteiger partial charge in [0.2, 0.25) is 0 Å². The number of nitrogens with one attached hydrogen (secondary N) is 1. The van der Waals surface area contributed by atoms with E-state index in [4.69, 9.17) is 4.74 Å². The van der Waals surface area contributed by atoms with Gasteiger partial charge in [0.15, 0.2) is 0 Å². The van der Waals surface area contributed by atoms with Gasteiger partial charge < -0.3 is 15.0 Å². The summed E-state index contributed by atoms with van der Waals surface area (Å²) in [6, 6.07) is 8.19. The number of benzene rings is 1. The number of ether oxygens (including phenoxy) is 1. The summed E-state index contributed by atoms with van der Waals surface area (Å²) in [7, 11) is 0. The van der Waals surface area contributed by atoms with Crippen LogP contribution < -0.4 is 10.1 Å². The highest BCUT2D eigenvalue weighted by atomic mass is 16.5. The Labute approximate surface area is 125 Å². The highest BCUT2D eigenvalue weighted by Gasteiger charge is 2.30. The molecular formula is C16H23N3O2. The quantitative estimate of drug-likeness (QED) is 0.891. The molecule has 2 heterocycles. The van der Waals surface area contributed by atoms with Gasteiger partial charge in [-0.25, -0.2) is 0 Å². The fraction of sp³-hybridized carbons (Fsp3) is 0.562. The summed E-state index contributed by atoms with van der Waals surface area (Å²) in [5, 5.41) is 3.30. The summed E-state index contributed by atoms with van der Waals surface area (Å²) in [5.41, 5.74) is 0.679. The average Bonchev–Trinajstić information content (AvgIpc) is 2.47. The van der Waals surface area contributed by atoms with Crippen molar-refractivity contribution in [3.05, 3.63) is 29.8 Å². The lowest BCUT2D eigenvalue weighted by Crippen LogP contribution is -2.62. The SMILES string of the molecule is CCOc1ccccc1C(=O)N1CCN(C2CNC2)CC1. The Bertz CT molecular complexity index is 494. The third-order valence-electron chi connectivity index (χ3n) is 4.30. The summed E-state index contributed by atoms with van der Waals surface area (Å²) in [5.74, 6) is 0.779. The van der Waals surface area contributed by atoms with Crippen molar-refractivity contribution >= 4 is 5.91 Å². The van der Waals surface area contributed by atoms with Crippen LogP contribution in [0.1, 0.15) is 17.3 Å². The average molecular weight is 289 g/mol. The van der Waals surface area contributed by atoms with Crippen molar-refractivity contribution in [1.29, 1.82) is 0 Å². The predicted molar refractivity (Wildman–Crippen MR) is 81.7 cm³/mol. The van der Waals surface area contributed by atoms with Gasteiger partial charge in [-0.3, -0.25) is 9.69 Å². The highest BCUT2D eigenvalue weighted by Crippen LogP contribution is 2.21. The number of hydrogen-bond donors (Lipinski definition) is 1. The molecule has 0 unspecified atom stereocenters. The Morgan fingerprint density at radius 1 is 1.24 bits per heavy atom. The molecule has 1 aromatic rings. The van der Waals surface area contributed by atoms with Crippen molar-refractivity contribution < 1.29 is 9.53 Å². The molecule has 1 aromatic carbocycles. The van der Waals surface area contributed by atoms with Crippen LogP contribution in [-0.2, 0) is 0 Å². The summed E-state index contributed by atoms with van der Waals surface area (Å²) >= 11 is 0. The van der Waals surface area contributed by atoms with E-state index in [0.717, 1.165) is 39.3 Å². The molecule has 2 aliphatic heterocycles. The molecule has 0 bridgehead atoms. The maximum absolute atomic E-state index is 12.7. The number of piperazine rings is 1. The topological polar surface area (TPSA) is 44.8 Å². The molecule has 5 heteroatoms. The van der Waals surface area contributed by atoms with Gasteiger partial charge in [0.25, 0.3) is 5.91 Å². The van der Waals surface area contributed by atoms with Crippen LogP contribution in [0.3, 0.4) is 0 Å². The third kappa shape index (κ3) is 3.04. The first-order chi connectivity index (χ1) is 10.3. The van der Waals surface area contributed by atoms with E-state index in [9.17, 15) is 4.79 Å². The van der Waals surface area contributed by atoms with E-state index in [-0.39, 0.29) is 5.91 Å². The lowest BCUT2D eigenvalue weighted by atomic mass is 10.1. The summed E-state index contributed by atoms with van der Waals surface area (Å²) in [6.07, 6.45) is 0. The molecule has 0 aromatic heterocycles. The largest absolute Gasteiger partial charge is 0.493 e. The molecule has 0 spiro atoms. The van der Waals surface area contributed by atoms with Gasteiger partial charge in [0.05, 0.1) is 12.2 Å². The van der Waals surface area contributed by atoms with Crippen LogP contribution in [0, 0.1) is 0 Å². The van der Waals surface area contributed by atoms with E-state index in [1.165, 1.54) is 0 Å². The number of hydrogen-bond acceptors (Lipinski definition) is 4. The molecule has 2 aliphatic rings. The smallest absolute Gasteiger partial charge is 0.257 e. The Balaban J connectivity index is 1.63. The van der Waals surface area contributed by atoms with Gasteiger partial charge in [-0.2, -0.15) is 0 Å². The van der Waals surface area contributed by atoms with Crippen LogP contribution in [0.5, 0.6) is 5.75 Å². The summed E-state index contributed by atoms with van der Waals surface area (Å²) < 4.78 is 5.57. The van der Waals surface area contributed by atoms with E-state index in [0.29, 0.717) is 24.0 Å². The van der Waals surface area contributed by atoms with E-state index < -0.39 is 0 Å². The zero-order valence-electron chi connectivity index (χ0n) is 12.5. The molecule has 3 rings (SSSR count). The number of rotatable bonds is 4. The first kappa shape index (κ1) is 14.4. The van der Waals surface area contributed by atoms with Crippen LogP contribution in [-0.4, -0.2) is 67.6 Å². The predicted octanol–water partition coefficient (Wildman–Crippen LogP) is 0.815. The van der Waals surface area contributed by atoms with Crippen LogP contribution in [0.15, 0.2) is 24.3 Å². The van der Waals surface area contributed by atoms with Crippen molar-refractivity contribution in [2.45, 2.75) is 13.0 Å². The number of carbonyl (C=O) groups excluding carboxylic acids is 1. The van der Waals surface area contributed by atoms with Gasteiger partial charge in [-0.1, -0.05) is 12.1 Å². The normalized spacial score (nSPS) is 20.1. The molecule has 0 atom stereocenters. The Hall–Kier alpha value is -1.59. The van der Waals surface area contributed by atoms with Crippen molar-refractivity contribution in [3.8, 4) is 5.75 Å². The second kappa shape index (κ2) is 6.45. The Kier molecular flexibility index (Phi) is 4.41. The molecule has 1 N–H and O–H groups in total. The maximum Gasteiger partial charge on any atom is 0.257 e. The first-order valence-electron chi connectivity index (χ1n) is 7.75. The van der Waals surface area contributed by atoms with E-state index in [2.05, 4.69) is 10.2 Å². The molecule has 114 valence electrons. The molecule has 0 radical (unpaired) electrons. The fourth-order valence-corrected chi connectivity index (χ4v) is 2.92. The molecular weight excluding hydrogens is 266 g/mol.